The molecule has 1 saturated heterocycles. The van der Waals surface area contributed by atoms with E-state index >= 15 is 0 Å². The first-order valence-electron chi connectivity index (χ1n) is 12.4. The van der Waals surface area contributed by atoms with Crippen LogP contribution in [0.2, 0.25) is 0 Å². The second kappa shape index (κ2) is 10.3. The molecule has 194 valence electrons. The van der Waals surface area contributed by atoms with Crippen molar-refractivity contribution in [3.05, 3.63) is 96.4 Å². The normalized spacial score (nSPS) is 14.9. The van der Waals surface area contributed by atoms with Gasteiger partial charge in [-0.3, -0.25) is 0 Å². The fourth-order valence-corrected chi connectivity index (χ4v) is 6.01. The number of hydrogen-bond donors (Lipinski definition) is 1. The number of nitriles is 1. The van der Waals surface area contributed by atoms with E-state index in [9.17, 15) is 13.7 Å². The molecular weight excluding hydrogens is 512 g/mol. The second-order valence-electron chi connectivity index (χ2n) is 9.03. The topological polar surface area (TPSA) is 117 Å². The predicted molar refractivity (Wildman–Crippen MR) is 148 cm³/mol. The van der Waals surface area contributed by atoms with Crippen LogP contribution in [0, 0.1) is 11.3 Å². The van der Waals surface area contributed by atoms with Gasteiger partial charge in [-0.15, -0.1) is 0 Å². The molecule has 3 aromatic carbocycles. The Balaban J connectivity index is 1.47. The van der Waals surface area contributed by atoms with E-state index in [1.807, 2.05) is 66.9 Å². The average molecular weight is 537 g/mol. The Morgan fingerprint density at radius 3 is 2.54 bits per heavy atom. The number of fused-ring (bicyclic) bond motifs is 1. The van der Waals surface area contributed by atoms with Crippen LogP contribution >= 0.6 is 0 Å². The summed E-state index contributed by atoms with van der Waals surface area (Å²) < 4.78 is 35.2. The third-order valence-electron chi connectivity index (χ3n) is 6.54. The number of ether oxygens (including phenoxy) is 1. The maximum absolute atomic E-state index is 13.4. The summed E-state index contributed by atoms with van der Waals surface area (Å²) in [5.41, 5.74) is 4.56. The van der Waals surface area contributed by atoms with Crippen molar-refractivity contribution in [2.45, 2.75) is 4.90 Å². The molecule has 39 heavy (non-hydrogen) atoms. The first kappa shape index (κ1) is 24.8. The van der Waals surface area contributed by atoms with Gasteiger partial charge in [-0.25, -0.2) is 18.1 Å². The van der Waals surface area contributed by atoms with Crippen LogP contribution in [0.4, 0.5) is 0 Å². The number of morpholine rings is 1. The lowest BCUT2D eigenvalue weighted by Gasteiger charge is -2.26. The minimum atomic E-state index is -3.70. The van der Waals surface area contributed by atoms with E-state index in [2.05, 4.69) is 16.0 Å². The summed E-state index contributed by atoms with van der Waals surface area (Å²) in [5.74, 6) is 0.445. The van der Waals surface area contributed by atoms with Crippen molar-refractivity contribution in [1.29, 1.82) is 5.26 Å². The molecule has 5 aromatic rings. The fraction of sp³-hybridized carbons (Fsp3) is 0.138. The van der Waals surface area contributed by atoms with E-state index in [-0.39, 0.29) is 4.90 Å². The average Bonchev–Trinajstić information content (AvgIpc) is 3.61. The number of aromatic nitrogens is 4. The van der Waals surface area contributed by atoms with Gasteiger partial charge in [-0.1, -0.05) is 42.5 Å². The molecule has 1 N–H and O–H groups in total. The third-order valence-corrected chi connectivity index (χ3v) is 8.44. The number of benzene rings is 3. The van der Waals surface area contributed by atoms with Crippen LogP contribution in [-0.4, -0.2) is 58.8 Å². The zero-order chi connectivity index (χ0) is 26.8. The van der Waals surface area contributed by atoms with Crippen molar-refractivity contribution >= 4 is 32.7 Å². The molecule has 2 aromatic heterocycles. The number of sulfonamides is 1. The number of nitrogens with one attached hydrogen (secondary N) is 1. The Morgan fingerprint density at radius 1 is 1.00 bits per heavy atom. The van der Waals surface area contributed by atoms with Gasteiger partial charge in [0.05, 0.1) is 40.4 Å². The van der Waals surface area contributed by atoms with Gasteiger partial charge in [-0.2, -0.15) is 14.7 Å². The highest BCUT2D eigenvalue weighted by Crippen LogP contribution is 2.30. The van der Waals surface area contributed by atoms with Crippen molar-refractivity contribution in [2.24, 2.45) is 0 Å². The zero-order valence-electron chi connectivity index (χ0n) is 20.9. The number of para-hydroxylation sites is 3. The van der Waals surface area contributed by atoms with Gasteiger partial charge in [0.15, 0.2) is 0 Å². The minimum Gasteiger partial charge on any atom is -0.379 e. The largest absolute Gasteiger partial charge is 0.379 e. The van der Waals surface area contributed by atoms with Gasteiger partial charge >= 0.3 is 0 Å². The molecule has 3 heterocycles. The monoisotopic (exact) mass is 536 g/mol. The maximum atomic E-state index is 13.4. The summed E-state index contributed by atoms with van der Waals surface area (Å²) in [6.07, 6.45) is 3.55. The van der Waals surface area contributed by atoms with Crippen LogP contribution in [0.25, 0.3) is 39.6 Å². The van der Waals surface area contributed by atoms with Crippen molar-refractivity contribution in [3.63, 3.8) is 0 Å². The van der Waals surface area contributed by atoms with Gasteiger partial charge in [0.1, 0.15) is 17.6 Å². The van der Waals surface area contributed by atoms with Crippen LogP contribution in [0.15, 0.2) is 90.0 Å². The summed E-state index contributed by atoms with van der Waals surface area (Å²) >= 11 is 0. The molecule has 10 heteroatoms. The molecule has 9 nitrogen and oxygen atoms in total. The summed E-state index contributed by atoms with van der Waals surface area (Å²) in [5, 5.41) is 14.9. The number of hydrogen-bond acceptors (Lipinski definition) is 6. The molecule has 0 atom stereocenters. The second-order valence-corrected chi connectivity index (χ2v) is 11.0. The summed E-state index contributed by atoms with van der Waals surface area (Å²) in [6.45, 7) is 1.36. The van der Waals surface area contributed by atoms with Crippen molar-refractivity contribution in [3.8, 4) is 23.0 Å². The lowest BCUT2D eigenvalue weighted by molar-refractivity contribution is 0.0730. The number of H-pyrrole nitrogens is 1. The zero-order valence-corrected chi connectivity index (χ0v) is 21.7. The standard InChI is InChI=1S/C29H24N6O3S/c30-19-22(29-31-26-11-4-5-12-27(26)32-29)17-23-20-35(24-8-2-1-3-9-24)33-28(23)21-7-6-10-25(18-21)39(36,37)34-13-15-38-16-14-34/h1-12,17-18,20H,13-16H2,(H,31,32)/b22-17+. The van der Waals surface area contributed by atoms with Crippen LogP contribution < -0.4 is 0 Å². The van der Waals surface area contributed by atoms with E-state index in [4.69, 9.17) is 9.84 Å². The molecular formula is C29H24N6O3S. The molecule has 0 spiro atoms. The third kappa shape index (κ3) is 4.86. The summed E-state index contributed by atoms with van der Waals surface area (Å²) in [6, 6.07) is 26.2. The first-order valence-corrected chi connectivity index (χ1v) is 13.9. The van der Waals surface area contributed by atoms with E-state index in [0.29, 0.717) is 54.5 Å². The summed E-state index contributed by atoms with van der Waals surface area (Å²) in [4.78, 5) is 7.97. The Kier molecular flexibility index (Phi) is 6.54. The Hall–Kier alpha value is -4.56. The molecule has 0 unspecified atom stereocenters. The number of imidazole rings is 1. The van der Waals surface area contributed by atoms with Crippen LogP contribution in [0.3, 0.4) is 0 Å². The molecule has 1 fully saturated rings. The molecule has 1 aliphatic heterocycles. The number of rotatable bonds is 6. The van der Waals surface area contributed by atoms with Crippen LogP contribution in [0.1, 0.15) is 11.4 Å². The molecule has 0 aliphatic carbocycles. The van der Waals surface area contributed by atoms with Gasteiger partial charge in [0.2, 0.25) is 10.0 Å². The minimum absolute atomic E-state index is 0.184. The van der Waals surface area contributed by atoms with Gasteiger partial charge < -0.3 is 9.72 Å². The van der Waals surface area contributed by atoms with E-state index in [1.165, 1.54) is 4.31 Å². The van der Waals surface area contributed by atoms with Crippen molar-refractivity contribution < 1.29 is 13.2 Å². The van der Waals surface area contributed by atoms with Crippen molar-refractivity contribution in [2.75, 3.05) is 26.3 Å². The predicted octanol–water partition coefficient (Wildman–Crippen LogP) is 4.50. The molecule has 0 radical (unpaired) electrons. The molecule has 0 bridgehead atoms. The van der Waals surface area contributed by atoms with Gasteiger partial charge in [-0.05, 0) is 42.5 Å². The van der Waals surface area contributed by atoms with Crippen molar-refractivity contribution in [1.82, 2.24) is 24.1 Å². The van der Waals surface area contributed by atoms with E-state index < -0.39 is 10.0 Å². The van der Waals surface area contributed by atoms with E-state index in [1.54, 1.807) is 29.0 Å². The molecule has 1 aliphatic rings. The SMILES string of the molecule is N#C/C(=C\c1cn(-c2ccccc2)nc1-c1cccc(S(=O)(=O)N2CCOCC2)c1)c1nc2ccccc2[nH]1. The highest BCUT2D eigenvalue weighted by atomic mass is 32.2. The van der Waals surface area contributed by atoms with Crippen LogP contribution in [-0.2, 0) is 14.8 Å². The van der Waals surface area contributed by atoms with Crippen LogP contribution in [0.5, 0.6) is 0 Å². The van der Waals surface area contributed by atoms with E-state index in [0.717, 1.165) is 16.7 Å². The summed E-state index contributed by atoms with van der Waals surface area (Å²) in [7, 11) is -3.70. The lowest BCUT2D eigenvalue weighted by atomic mass is 10.1. The molecule has 0 amide bonds. The lowest BCUT2D eigenvalue weighted by Crippen LogP contribution is -2.40. The highest BCUT2D eigenvalue weighted by Gasteiger charge is 2.27. The first-order chi connectivity index (χ1) is 19.0. The number of allylic oxidation sites excluding steroid dienone is 1. The Morgan fingerprint density at radius 2 is 1.77 bits per heavy atom. The number of nitrogens with zero attached hydrogens (tertiary/aromatic N) is 5. The smallest absolute Gasteiger partial charge is 0.243 e. The molecule has 0 saturated carbocycles. The van der Waals surface area contributed by atoms with Gasteiger partial charge in [0, 0.05) is 30.4 Å². The Labute approximate surface area is 225 Å². The fourth-order valence-electron chi connectivity index (χ4n) is 4.56. The highest BCUT2D eigenvalue weighted by molar-refractivity contribution is 7.89. The Bertz CT molecular complexity index is 1790. The quantitative estimate of drug-likeness (QED) is 0.319. The van der Waals surface area contributed by atoms with Gasteiger partial charge in [0.25, 0.3) is 0 Å². The molecule has 6 rings (SSSR count). The maximum Gasteiger partial charge on any atom is 0.243 e. The number of aromatic amines is 1.